The van der Waals surface area contributed by atoms with Crippen molar-refractivity contribution in [3.8, 4) is 0 Å². The highest BCUT2D eigenvalue weighted by atomic mass is 35.6. The number of non-ortho nitro benzene ring substituents is 1. The highest BCUT2D eigenvalue weighted by molar-refractivity contribution is 8.05. The van der Waals surface area contributed by atoms with E-state index >= 15 is 0 Å². The van der Waals surface area contributed by atoms with Gasteiger partial charge in [0.2, 0.25) is 9.84 Å². The molecule has 0 saturated heterocycles. The van der Waals surface area contributed by atoms with Crippen molar-refractivity contribution in [3.63, 3.8) is 0 Å². The summed E-state index contributed by atoms with van der Waals surface area (Å²) in [6.45, 7) is 0. The van der Waals surface area contributed by atoms with Crippen molar-refractivity contribution in [2.24, 2.45) is 0 Å². The van der Waals surface area contributed by atoms with Gasteiger partial charge in [-0.25, -0.2) is 8.42 Å². The molecule has 0 atom stereocenters. The summed E-state index contributed by atoms with van der Waals surface area (Å²) in [5, 5.41) is 21.4. The topological polar surface area (TPSA) is 134 Å². The second-order valence-electron chi connectivity index (χ2n) is 4.70. The summed E-state index contributed by atoms with van der Waals surface area (Å²) in [7, 11) is -4.62. The van der Waals surface area contributed by atoms with Gasteiger partial charge < -0.3 is 4.42 Å². The Morgan fingerprint density at radius 3 is 2.00 bits per heavy atom. The summed E-state index contributed by atoms with van der Waals surface area (Å²) in [6, 6.07) is 6.75. The normalized spacial score (nSPS) is 12.8. The zero-order valence-electron chi connectivity index (χ0n) is 12.3. The molecular weight excluding hydrogens is 435 g/mol. The van der Waals surface area contributed by atoms with Gasteiger partial charge in [-0.2, -0.15) is 0 Å². The molecule has 0 radical (unpaired) electrons. The van der Waals surface area contributed by atoms with Crippen LogP contribution in [0.15, 0.2) is 40.8 Å². The first-order chi connectivity index (χ1) is 11.9. The van der Waals surface area contributed by atoms with Crippen molar-refractivity contribution in [1.29, 1.82) is 0 Å². The monoisotopic (exact) mass is 440 g/mol. The first-order valence-corrected chi connectivity index (χ1v) is 9.07. The Morgan fingerprint density at radius 1 is 1.00 bits per heavy atom. The molecule has 0 amide bonds. The van der Waals surface area contributed by atoms with Crippen LogP contribution >= 0.6 is 34.8 Å². The van der Waals surface area contributed by atoms with Gasteiger partial charge in [0.05, 0.1) is 11.0 Å². The SMILES string of the molecule is O=[N+]([O-])c1ccc(C=C(c2ccc([N+](=O)[O-])o2)S(=O)(=O)C(Cl)(Cl)Cl)cc1. The van der Waals surface area contributed by atoms with E-state index < -0.39 is 39.4 Å². The Morgan fingerprint density at radius 2 is 1.58 bits per heavy atom. The third kappa shape index (κ3) is 4.15. The standard InChI is InChI=1S/C13H7Cl3N2O7S/c14-13(15,16)26(23,24)11(10-5-6-12(25-10)18(21)22)7-8-1-3-9(4-2-8)17(19)20/h1-7H. The van der Waals surface area contributed by atoms with Crippen LogP contribution in [-0.2, 0) is 9.84 Å². The van der Waals surface area contributed by atoms with Crippen LogP contribution in [0.1, 0.15) is 11.3 Å². The van der Waals surface area contributed by atoms with E-state index in [4.69, 9.17) is 39.2 Å². The van der Waals surface area contributed by atoms with E-state index in [1.54, 1.807) is 0 Å². The Kier molecular flexibility index (Phi) is 5.61. The lowest BCUT2D eigenvalue weighted by atomic mass is 10.2. The molecule has 0 saturated carbocycles. The smallest absolute Gasteiger partial charge is 0.400 e. The minimum absolute atomic E-state index is 0.197. The number of nitro groups is 2. The third-order valence-electron chi connectivity index (χ3n) is 3.01. The molecule has 13 heteroatoms. The van der Waals surface area contributed by atoms with Crippen LogP contribution in [-0.4, -0.2) is 21.4 Å². The van der Waals surface area contributed by atoms with Crippen LogP contribution in [0.3, 0.4) is 0 Å². The van der Waals surface area contributed by atoms with Crippen LogP contribution in [0.5, 0.6) is 0 Å². The fourth-order valence-corrected chi connectivity index (χ4v) is 3.47. The Bertz CT molecular complexity index is 991. The molecule has 1 aromatic heterocycles. The number of benzene rings is 1. The van der Waals surface area contributed by atoms with Crippen LogP contribution < -0.4 is 0 Å². The number of furan rings is 1. The first-order valence-electron chi connectivity index (χ1n) is 6.45. The van der Waals surface area contributed by atoms with E-state index in [0.717, 1.165) is 30.3 Å². The maximum atomic E-state index is 12.5. The zero-order chi connectivity index (χ0) is 19.7. The second kappa shape index (κ2) is 7.23. The van der Waals surface area contributed by atoms with E-state index in [1.807, 2.05) is 0 Å². The average Bonchev–Trinajstić information content (AvgIpc) is 3.01. The van der Waals surface area contributed by atoms with E-state index in [0.29, 0.717) is 0 Å². The Labute approximate surface area is 161 Å². The average molecular weight is 442 g/mol. The summed E-state index contributed by atoms with van der Waals surface area (Å²) in [5.74, 6) is -1.14. The van der Waals surface area contributed by atoms with E-state index in [9.17, 15) is 28.6 Å². The van der Waals surface area contributed by atoms with Crippen LogP contribution in [0.4, 0.5) is 11.6 Å². The minimum Gasteiger partial charge on any atom is -0.400 e. The van der Waals surface area contributed by atoms with Gasteiger partial charge in [0.1, 0.15) is 9.83 Å². The molecule has 0 spiro atoms. The summed E-state index contributed by atoms with van der Waals surface area (Å²) in [5.41, 5.74) is -0.0240. The summed E-state index contributed by atoms with van der Waals surface area (Å²) < 4.78 is 27.1. The number of nitrogens with zero attached hydrogens (tertiary/aromatic N) is 2. The fourth-order valence-electron chi connectivity index (χ4n) is 1.81. The summed E-state index contributed by atoms with van der Waals surface area (Å²) >= 11 is 16.5. The largest absolute Gasteiger partial charge is 0.433 e. The van der Waals surface area contributed by atoms with Crippen LogP contribution in [0.2, 0.25) is 0 Å². The predicted molar refractivity (Wildman–Crippen MR) is 95.5 cm³/mol. The molecule has 0 unspecified atom stereocenters. The van der Waals surface area contributed by atoms with Crippen molar-refractivity contribution in [2.75, 3.05) is 0 Å². The minimum atomic E-state index is -4.62. The molecule has 0 fully saturated rings. The molecule has 2 aromatic rings. The number of nitro benzene ring substituents is 1. The number of halogens is 3. The number of rotatable bonds is 5. The number of alkyl halides is 3. The maximum absolute atomic E-state index is 12.5. The van der Waals surface area contributed by atoms with Gasteiger partial charge in [0.25, 0.3) is 8.81 Å². The van der Waals surface area contributed by atoms with Crippen LogP contribution in [0, 0.1) is 20.2 Å². The van der Waals surface area contributed by atoms with Gasteiger partial charge in [0, 0.05) is 12.1 Å². The first kappa shape index (κ1) is 20.2. The molecule has 0 bridgehead atoms. The van der Waals surface area contributed by atoms with Crippen molar-refractivity contribution in [2.45, 2.75) is 3.12 Å². The molecule has 0 aliphatic heterocycles. The number of hydrogen-bond donors (Lipinski definition) is 0. The fraction of sp³-hybridized carbons (Fsp3) is 0.0769. The van der Waals surface area contributed by atoms with Gasteiger partial charge in [-0.15, -0.1) is 0 Å². The van der Waals surface area contributed by atoms with Gasteiger partial charge in [-0.1, -0.05) is 34.8 Å². The van der Waals surface area contributed by atoms with Gasteiger partial charge in [-0.05, 0) is 29.8 Å². The second-order valence-corrected chi connectivity index (χ2v) is 9.71. The lowest BCUT2D eigenvalue weighted by Crippen LogP contribution is -2.20. The van der Waals surface area contributed by atoms with Gasteiger partial charge in [-0.3, -0.25) is 20.2 Å². The maximum Gasteiger partial charge on any atom is 0.433 e. The molecule has 0 aliphatic carbocycles. The van der Waals surface area contributed by atoms with E-state index in [1.165, 1.54) is 12.1 Å². The Hall–Kier alpha value is -2.14. The summed E-state index contributed by atoms with van der Waals surface area (Å²) in [6.07, 6.45) is 1.02. The highest BCUT2D eigenvalue weighted by Gasteiger charge is 2.43. The lowest BCUT2D eigenvalue weighted by Gasteiger charge is -2.14. The molecule has 138 valence electrons. The summed E-state index contributed by atoms with van der Waals surface area (Å²) in [4.78, 5) is 19.3. The molecule has 2 rings (SSSR count). The van der Waals surface area contributed by atoms with Crippen molar-refractivity contribution < 1.29 is 22.7 Å². The van der Waals surface area contributed by atoms with Crippen LogP contribution in [0.25, 0.3) is 11.0 Å². The molecule has 0 N–H and O–H groups in total. The number of hydrogen-bond acceptors (Lipinski definition) is 7. The molecule has 1 heterocycles. The Balaban J connectivity index is 2.63. The molecule has 1 aromatic carbocycles. The van der Waals surface area contributed by atoms with Gasteiger partial charge in [0.15, 0.2) is 5.76 Å². The van der Waals surface area contributed by atoms with E-state index in [2.05, 4.69) is 0 Å². The molecule has 26 heavy (non-hydrogen) atoms. The van der Waals surface area contributed by atoms with Gasteiger partial charge >= 0.3 is 5.88 Å². The molecule has 0 aliphatic rings. The molecular formula is C13H7Cl3N2O7S. The third-order valence-corrected chi connectivity index (χ3v) is 6.35. The predicted octanol–water partition coefficient (Wildman–Crippen LogP) is 4.34. The van der Waals surface area contributed by atoms with E-state index in [-0.39, 0.29) is 11.3 Å². The van der Waals surface area contributed by atoms with Crippen molar-refractivity contribution in [1.82, 2.24) is 0 Å². The number of sulfone groups is 1. The lowest BCUT2D eigenvalue weighted by molar-refractivity contribution is -0.402. The quantitative estimate of drug-likeness (QED) is 0.383. The van der Waals surface area contributed by atoms with Crippen molar-refractivity contribution >= 4 is 67.2 Å². The van der Waals surface area contributed by atoms with Crippen molar-refractivity contribution in [3.05, 3.63) is 68.0 Å². The zero-order valence-corrected chi connectivity index (χ0v) is 15.4. The highest BCUT2D eigenvalue weighted by Crippen LogP contribution is 2.42. The molecule has 9 nitrogen and oxygen atoms in total.